The monoisotopic (exact) mass is 347 g/mol. The summed E-state index contributed by atoms with van der Waals surface area (Å²) in [5.41, 5.74) is 4.68. The Kier molecular flexibility index (Phi) is 4.98. The Hall–Kier alpha value is -3.21. The lowest BCUT2D eigenvalue weighted by Gasteiger charge is -2.15. The maximum Gasteiger partial charge on any atom is 0.251 e. The summed E-state index contributed by atoms with van der Waals surface area (Å²) < 4.78 is 0. The van der Waals surface area contributed by atoms with E-state index in [4.69, 9.17) is 0 Å². The molecule has 0 aliphatic carbocycles. The fraction of sp³-hybridized carbons (Fsp3) is 0.190. The van der Waals surface area contributed by atoms with E-state index in [1.807, 2.05) is 45.0 Å². The number of carbonyl (C=O) groups is 1. The van der Waals surface area contributed by atoms with Crippen molar-refractivity contribution in [1.29, 1.82) is 0 Å². The minimum Gasteiger partial charge on any atom is -0.508 e. The number of phenols is 1. The molecule has 0 bridgehead atoms. The van der Waals surface area contributed by atoms with Gasteiger partial charge in [-0.05, 0) is 62.2 Å². The minimum atomic E-state index is -0.262. The molecular formula is C21H21N3O2. The molecule has 0 saturated carbocycles. The van der Waals surface area contributed by atoms with E-state index < -0.39 is 0 Å². The first-order valence-corrected chi connectivity index (χ1v) is 8.43. The first-order chi connectivity index (χ1) is 12.4. The normalized spacial score (nSPS) is 11.8. The van der Waals surface area contributed by atoms with E-state index in [1.165, 1.54) is 6.07 Å². The first kappa shape index (κ1) is 17.6. The van der Waals surface area contributed by atoms with Gasteiger partial charge in [-0.2, -0.15) is 0 Å². The highest BCUT2D eigenvalue weighted by molar-refractivity contribution is 5.96. The quantitative estimate of drug-likeness (QED) is 0.749. The molecule has 0 saturated heterocycles. The van der Waals surface area contributed by atoms with E-state index in [9.17, 15) is 9.90 Å². The molecule has 3 rings (SSSR count). The number of amides is 1. The van der Waals surface area contributed by atoms with Crippen molar-refractivity contribution in [2.24, 2.45) is 0 Å². The van der Waals surface area contributed by atoms with Gasteiger partial charge in [-0.1, -0.05) is 12.1 Å². The molecule has 3 aromatic rings. The zero-order chi connectivity index (χ0) is 18.7. The van der Waals surface area contributed by atoms with Gasteiger partial charge < -0.3 is 10.4 Å². The number of pyridine rings is 2. The Morgan fingerprint density at radius 3 is 2.50 bits per heavy atom. The molecule has 1 amide bonds. The molecule has 0 aliphatic rings. The molecule has 0 radical (unpaired) electrons. The summed E-state index contributed by atoms with van der Waals surface area (Å²) in [6.07, 6.45) is 3.51. The molecular weight excluding hydrogens is 326 g/mol. The van der Waals surface area contributed by atoms with Crippen molar-refractivity contribution < 1.29 is 9.90 Å². The van der Waals surface area contributed by atoms with E-state index in [0.29, 0.717) is 16.8 Å². The maximum absolute atomic E-state index is 12.6. The third kappa shape index (κ3) is 4.06. The molecule has 5 heteroatoms. The molecule has 2 heterocycles. The Labute approximate surface area is 152 Å². The van der Waals surface area contributed by atoms with Gasteiger partial charge in [-0.3, -0.25) is 14.8 Å². The second kappa shape index (κ2) is 7.35. The van der Waals surface area contributed by atoms with Crippen molar-refractivity contribution in [1.82, 2.24) is 15.3 Å². The van der Waals surface area contributed by atoms with Crippen LogP contribution in [0.5, 0.6) is 5.75 Å². The zero-order valence-electron chi connectivity index (χ0n) is 15.0. The number of rotatable bonds is 4. The lowest BCUT2D eigenvalue weighted by molar-refractivity contribution is 0.0939. The highest BCUT2D eigenvalue weighted by Gasteiger charge is 2.14. The zero-order valence-corrected chi connectivity index (χ0v) is 15.0. The molecule has 0 spiro atoms. The van der Waals surface area contributed by atoms with Crippen LogP contribution in [-0.2, 0) is 0 Å². The van der Waals surface area contributed by atoms with Crippen LogP contribution in [0.1, 0.15) is 40.1 Å². The van der Waals surface area contributed by atoms with Crippen LogP contribution in [0.2, 0.25) is 0 Å². The molecule has 132 valence electrons. The second-order valence-corrected chi connectivity index (χ2v) is 6.42. The molecule has 0 fully saturated rings. The molecule has 5 nitrogen and oxygen atoms in total. The molecule has 1 aromatic carbocycles. The Morgan fingerprint density at radius 1 is 1.04 bits per heavy atom. The van der Waals surface area contributed by atoms with Crippen molar-refractivity contribution >= 4 is 5.91 Å². The Bertz CT molecular complexity index is 919. The average Bonchev–Trinajstić information content (AvgIpc) is 2.62. The largest absolute Gasteiger partial charge is 0.508 e. The molecule has 2 N–H and O–H groups in total. The molecule has 26 heavy (non-hydrogen) atoms. The van der Waals surface area contributed by atoms with Gasteiger partial charge in [0.2, 0.25) is 0 Å². The van der Waals surface area contributed by atoms with E-state index in [1.54, 1.807) is 24.5 Å². The summed E-state index contributed by atoms with van der Waals surface area (Å²) in [5.74, 6) is -0.234. The summed E-state index contributed by atoms with van der Waals surface area (Å²) in [4.78, 5) is 21.2. The minimum absolute atomic E-state index is 0.0275. The third-order valence-corrected chi connectivity index (χ3v) is 4.17. The van der Waals surface area contributed by atoms with Crippen LogP contribution >= 0.6 is 0 Å². The van der Waals surface area contributed by atoms with Gasteiger partial charge in [0.25, 0.3) is 5.91 Å². The number of carbonyl (C=O) groups excluding carboxylic acids is 1. The van der Waals surface area contributed by atoms with Crippen molar-refractivity contribution in [3.63, 3.8) is 0 Å². The predicted octanol–water partition coefficient (Wildman–Crippen LogP) is 3.96. The number of phenolic OH excluding ortho intramolecular Hbond substituents is 1. The summed E-state index contributed by atoms with van der Waals surface area (Å²) in [6.45, 7) is 5.77. The van der Waals surface area contributed by atoms with E-state index in [2.05, 4.69) is 15.3 Å². The summed E-state index contributed by atoms with van der Waals surface area (Å²) in [5, 5.41) is 13.0. The van der Waals surface area contributed by atoms with Gasteiger partial charge in [-0.25, -0.2) is 0 Å². The summed E-state index contributed by atoms with van der Waals surface area (Å²) in [6, 6.07) is 12.2. The number of benzene rings is 1. The smallest absolute Gasteiger partial charge is 0.251 e. The van der Waals surface area contributed by atoms with Crippen LogP contribution in [0.3, 0.4) is 0 Å². The van der Waals surface area contributed by atoms with Gasteiger partial charge in [-0.15, -0.1) is 0 Å². The first-order valence-electron chi connectivity index (χ1n) is 8.43. The number of aryl methyl sites for hydroxylation is 2. The van der Waals surface area contributed by atoms with Crippen LogP contribution in [0.15, 0.2) is 54.9 Å². The number of aromatic nitrogens is 2. The molecule has 0 aliphatic heterocycles. The third-order valence-electron chi connectivity index (χ3n) is 4.17. The highest BCUT2D eigenvalue weighted by Crippen LogP contribution is 2.25. The van der Waals surface area contributed by atoms with Crippen LogP contribution in [0.25, 0.3) is 11.3 Å². The molecule has 1 atom stereocenters. The number of hydrogen-bond donors (Lipinski definition) is 2. The van der Waals surface area contributed by atoms with Crippen molar-refractivity contribution in [2.45, 2.75) is 26.8 Å². The van der Waals surface area contributed by atoms with Gasteiger partial charge in [0, 0.05) is 29.2 Å². The summed E-state index contributed by atoms with van der Waals surface area (Å²) >= 11 is 0. The topological polar surface area (TPSA) is 75.1 Å². The number of aromatic hydroxyl groups is 1. The maximum atomic E-state index is 12.6. The van der Waals surface area contributed by atoms with Crippen LogP contribution < -0.4 is 5.32 Å². The lowest BCUT2D eigenvalue weighted by Crippen LogP contribution is -2.26. The highest BCUT2D eigenvalue weighted by atomic mass is 16.3. The van der Waals surface area contributed by atoms with Crippen molar-refractivity contribution in [2.75, 3.05) is 0 Å². The lowest BCUT2D eigenvalue weighted by atomic mass is 10.0. The van der Waals surface area contributed by atoms with Gasteiger partial charge in [0.15, 0.2) is 0 Å². The Balaban J connectivity index is 1.83. The van der Waals surface area contributed by atoms with Gasteiger partial charge >= 0.3 is 0 Å². The SMILES string of the molecule is Cc1ccc(-c2cc(O)cc(C(=O)N[C@H](C)c3ccc(C)nc3)c2)nc1. The van der Waals surface area contributed by atoms with Crippen molar-refractivity contribution in [3.8, 4) is 17.0 Å². The standard InChI is InChI=1S/C21H21N3O2/c1-13-4-7-20(23-11-13)17-8-18(10-19(25)9-17)21(26)24-15(3)16-6-5-14(2)22-12-16/h4-12,15,25H,1-3H3,(H,24,26)/t15-/m1/s1. The number of hydrogen-bond acceptors (Lipinski definition) is 4. The fourth-order valence-corrected chi connectivity index (χ4v) is 2.63. The number of nitrogens with zero attached hydrogens (tertiary/aromatic N) is 2. The molecule has 0 unspecified atom stereocenters. The van der Waals surface area contributed by atoms with E-state index in [-0.39, 0.29) is 17.7 Å². The van der Waals surface area contributed by atoms with Gasteiger partial charge in [0.05, 0.1) is 11.7 Å². The van der Waals surface area contributed by atoms with Crippen LogP contribution in [0.4, 0.5) is 0 Å². The van der Waals surface area contributed by atoms with Crippen LogP contribution in [-0.4, -0.2) is 21.0 Å². The van der Waals surface area contributed by atoms with E-state index in [0.717, 1.165) is 16.8 Å². The van der Waals surface area contributed by atoms with Crippen molar-refractivity contribution in [3.05, 3.63) is 77.2 Å². The summed E-state index contributed by atoms with van der Waals surface area (Å²) in [7, 11) is 0. The fourth-order valence-electron chi connectivity index (χ4n) is 2.63. The number of nitrogens with one attached hydrogen (secondary N) is 1. The average molecular weight is 347 g/mol. The second-order valence-electron chi connectivity index (χ2n) is 6.42. The van der Waals surface area contributed by atoms with Gasteiger partial charge in [0.1, 0.15) is 5.75 Å². The van der Waals surface area contributed by atoms with Crippen LogP contribution in [0, 0.1) is 13.8 Å². The van der Waals surface area contributed by atoms with E-state index >= 15 is 0 Å². The Morgan fingerprint density at radius 2 is 1.85 bits per heavy atom. The molecule has 2 aromatic heterocycles. The predicted molar refractivity (Wildman–Crippen MR) is 101 cm³/mol.